The van der Waals surface area contributed by atoms with Gasteiger partial charge in [-0.1, -0.05) is 0 Å². The van der Waals surface area contributed by atoms with Crippen molar-refractivity contribution in [2.75, 3.05) is 32.5 Å². The van der Waals surface area contributed by atoms with Crippen molar-refractivity contribution >= 4 is 28.9 Å². The van der Waals surface area contributed by atoms with Crippen LogP contribution in [0.3, 0.4) is 0 Å². The predicted octanol–water partition coefficient (Wildman–Crippen LogP) is -1.11. The molecule has 26 heavy (non-hydrogen) atoms. The summed E-state index contributed by atoms with van der Waals surface area (Å²) in [7, 11) is 1.45. The Hall–Kier alpha value is -2.63. The van der Waals surface area contributed by atoms with Crippen molar-refractivity contribution in [3.63, 3.8) is 0 Å². The molecule has 2 atom stereocenters. The largest absolute Gasteiger partial charge is 0.417 e. The molecule has 1 aliphatic heterocycles. The van der Waals surface area contributed by atoms with Crippen molar-refractivity contribution in [3.8, 4) is 0 Å². The van der Waals surface area contributed by atoms with E-state index in [-0.39, 0.29) is 35.7 Å². The molecule has 1 aromatic rings. The number of benzene rings is 1. The Labute approximate surface area is 152 Å². The molecule has 11 heteroatoms. The molecule has 5 N–H and O–H groups in total. The van der Waals surface area contributed by atoms with Crippen LogP contribution in [0.15, 0.2) is 30.2 Å². The van der Waals surface area contributed by atoms with E-state index in [9.17, 15) is 18.9 Å². The Bertz CT molecular complexity index is 753. The molecule has 0 spiro atoms. The lowest BCUT2D eigenvalue weighted by Crippen LogP contribution is -2.36. The number of hydrogen-bond donors (Lipinski definition) is 4. The fourth-order valence-corrected chi connectivity index (χ4v) is 2.64. The van der Waals surface area contributed by atoms with Crippen LogP contribution in [0, 0.1) is 0 Å². The van der Waals surface area contributed by atoms with Crippen LogP contribution in [0.5, 0.6) is 0 Å². The van der Waals surface area contributed by atoms with Gasteiger partial charge in [0, 0.05) is 30.4 Å². The fourth-order valence-electron chi connectivity index (χ4n) is 2.14. The second-order valence-electron chi connectivity index (χ2n) is 5.52. The SMILES string of the molecule is CN(CC(O)CO)C(=O)c1cc(N)cc(C(=O)NCC2=COS(=O)O2)c1. The number of nitrogens with zero attached hydrogens (tertiary/aromatic N) is 1. The van der Waals surface area contributed by atoms with Crippen LogP contribution in [0.2, 0.25) is 0 Å². The molecule has 1 heterocycles. The summed E-state index contributed by atoms with van der Waals surface area (Å²) in [6, 6.07) is 4.15. The fraction of sp³-hybridized carbons (Fsp3) is 0.333. The van der Waals surface area contributed by atoms with E-state index in [1.165, 1.54) is 30.1 Å². The minimum Gasteiger partial charge on any atom is -0.399 e. The molecule has 1 aromatic carbocycles. The van der Waals surface area contributed by atoms with Crippen molar-refractivity contribution in [2.45, 2.75) is 6.10 Å². The average molecular weight is 385 g/mol. The number of hydrogen-bond acceptors (Lipinski definition) is 8. The summed E-state index contributed by atoms with van der Waals surface area (Å²) in [5.41, 5.74) is 6.27. The van der Waals surface area contributed by atoms with Crippen LogP contribution in [0.1, 0.15) is 20.7 Å². The number of nitrogen functional groups attached to an aromatic ring is 1. The third-order valence-electron chi connectivity index (χ3n) is 3.36. The van der Waals surface area contributed by atoms with E-state index in [1.807, 2.05) is 0 Å². The molecule has 0 aromatic heterocycles. The summed E-state index contributed by atoms with van der Waals surface area (Å²) in [5.74, 6) is -0.800. The smallest absolute Gasteiger partial charge is 0.399 e. The normalized spacial score (nSPS) is 16.9. The van der Waals surface area contributed by atoms with E-state index in [4.69, 9.17) is 15.0 Å². The van der Waals surface area contributed by atoms with Crippen molar-refractivity contribution < 1.29 is 32.4 Å². The van der Waals surface area contributed by atoms with Gasteiger partial charge in [-0.3, -0.25) is 9.59 Å². The van der Waals surface area contributed by atoms with E-state index >= 15 is 0 Å². The van der Waals surface area contributed by atoms with Gasteiger partial charge < -0.3 is 34.5 Å². The molecular weight excluding hydrogens is 366 g/mol. The molecule has 0 saturated carbocycles. The maximum atomic E-state index is 12.4. The van der Waals surface area contributed by atoms with E-state index in [0.29, 0.717) is 0 Å². The Balaban J connectivity index is 2.07. The van der Waals surface area contributed by atoms with Crippen LogP contribution < -0.4 is 11.1 Å². The first kappa shape index (κ1) is 19.7. The van der Waals surface area contributed by atoms with Gasteiger partial charge in [-0.25, -0.2) is 0 Å². The molecule has 10 nitrogen and oxygen atoms in total. The monoisotopic (exact) mass is 385 g/mol. The molecule has 0 aliphatic carbocycles. The topological polar surface area (TPSA) is 151 Å². The number of nitrogens with two attached hydrogens (primary N) is 1. The van der Waals surface area contributed by atoms with Gasteiger partial charge in [0.2, 0.25) is 0 Å². The Morgan fingerprint density at radius 1 is 1.35 bits per heavy atom. The molecule has 1 aliphatic rings. The van der Waals surface area contributed by atoms with Gasteiger partial charge in [0.15, 0.2) is 5.76 Å². The molecule has 0 radical (unpaired) electrons. The minimum absolute atomic E-state index is 0.0503. The van der Waals surface area contributed by atoms with Crippen LogP contribution in [0.4, 0.5) is 5.69 Å². The number of aliphatic hydroxyl groups is 2. The number of aliphatic hydroxyl groups excluding tert-OH is 2. The van der Waals surface area contributed by atoms with Crippen molar-refractivity contribution in [1.82, 2.24) is 10.2 Å². The minimum atomic E-state index is -1.89. The van der Waals surface area contributed by atoms with Crippen LogP contribution in [0.25, 0.3) is 0 Å². The van der Waals surface area contributed by atoms with Crippen LogP contribution >= 0.6 is 0 Å². The first-order valence-corrected chi connectivity index (χ1v) is 8.49. The quantitative estimate of drug-likeness (QED) is 0.431. The standard InChI is InChI=1S/C15H19N3O7S/c1-18(6-12(20)7-19)15(22)10-2-9(3-11(16)4-10)14(21)17-5-13-8-24-26(23)25-13/h2-4,8,12,19-20H,5-7,16H2,1H3,(H,17,21). The molecule has 2 rings (SSSR count). The highest BCUT2D eigenvalue weighted by molar-refractivity contribution is 7.75. The number of rotatable bonds is 7. The molecule has 0 saturated heterocycles. The zero-order valence-electron chi connectivity index (χ0n) is 13.9. The Morgan fingerprint density at radius 2 is 2.04 bits per heavy atom. The number of carbonyl (C=O) groups is 2. The predicted molar refractivity (Wildman–Crippen MR) is 91.6 cm³/mol. The summed E-state index contributed by atoms with van der Waals surface area (Å²) in [4.78, 5) is 25.8. The summed E-state index contributed by atoms with van der Waals surface area (Å²) in [6.45, 7) is -0.603. The summed E-state index contributed by atoms with van der Waals surface area (Å²) in [5, 5.41) is 20.8. The third kappa shape index (κ3) is 5.18. The molecule has 2 unspecified atom stereocenters. The van der Waals surface area contributed by atoms with Crippen molar-refractivity contribution in [3.05, 3.63) is 41.3 Å². The van der Waals surface area contributed by atoms with Crippen LogP contribution in [-0.2, 0) is 19.7 Å². The van der Waals surface area contributed by atoms with Crippen molar-refractivity contribution in [2.24, 2.45) is 0 Å². The zero-order valence-corrected chi connectivity index (χ0v) is 14.7. The lowest BCUT2D eigenvalue weighted by Gasteiger charge is -2.20. The van der Waals surface area contributed by atoms with Gasteiger partial charge in [0.1, 0.15) is 6.26 Å². The van der Waals surface area contributed by atoms with E-state index in [2.05, 4.69) is 9.50 Å². The van der Waals surface area contributed by atoms with Crippen LogP contribution in [-0.4, -0.2) is 64.0 Å². The summed E-state index contributed by atoms with van der Waals surface area (Å²) < 4.78 is 20.3. The number of likely N-dealkylation sites (N-methyl/N-ethyl adjacent to an activating group) is 1. The van der Waals surface area contributed by atoms with E-state index < -0.39 is 35.9 Å². The maximum Gasteiger partial charge on any atom is 0.417 e. The van der Waals surface area contributed by atoms with Gasteiger partial charge in [-0.05, 0) is 18.2 Å². The lowest BCUT2D eigenvalue weighted by molar-refractivity contribution is 0.0520. The number of carbonyl (C=O) groups excluding carboxylic acids is 2. The second-order valence-corrected chi connectivity index (χ2v) is 6.28. The van der Waals surface area contributed by atoms with Crippen molar-refractivity contribution in [1.29, 1.82) is 0 Å². The van der Waals surface area contributed by atoms with Gasteiger partial charge in [-0.15, -0.1) is 0 Å². The van der Waals surface area contributed by atoms with Gasteiger partial charge in [0.05, 0.1) is 19.3 Å². The molecular formula is C15H19N3O7S. The van der Waals surface area contributed by atoms with E-state index in [0.717, 1.165) is 6.26 Å². The zero-order chi connectivity index (χ0) is 19.3. The molecule has 142 valence electrons. The van der Waals surface area contributed by atoms with Gasteiger partial charge in [0.25, 0.3) is 11.8 Å². The highest BCUT2D eigenvalue weighted by Gasteiger charge is 2.19. The average Bonchev–Trinajstić information content (AvgIpc) is 3.03. The highest BCUT2D eigenvalue weighted by Crippen LogP contribution is 2.15. The Kier molecular flexibility index (Phi) is 6.55. The first-order chi connectivity index (χ1) is 12.3. The number of anilines is 1. The highest BCUT2D eigenvalue weighted by atomic mass is 32.2. The number of nitrogens with one attached hydrogen (secondary N) is 1. The first-order valence-electron chi connectivity index (χ1n) is 7.49. The van der Waals surface area contributed by atoms with E-state index in [1.54, 1.807) is 0 Å². The summed E-state index contributed by atoms with van der Waals surface area (Å²) >= 11 is -1.89. The van der Waals surface area contributed by atoms with Gasteiger partial charge >= 0.3 is 11.4 Å². The second kappa shape index (κ2) is 8.65. The Morgan fingerprint density at radius 3 is 2.65 bits per heavy atom. The number of amides is 2. The lowest BCUT2D eigenvalue weighted by atomic mass is 10.1. The van der Waals surface area contributed by atoms with Gasteiger partial charge in [-0.2, -0.15) is 4.21 Å². The third-order valence-corrected chi connectivity index (χ3v) is 3.97. The maximum absolute atomic E-state index is 12.4. The molecule has 0 bridgehead atoms. The molecule has 2 amide bonds. The molecule has 0 fully saturated rings. The summed E-state index contributed by atoms with van der Waals surface area (Å²) in [6.07, 6.45) is 0.0619.